The fourth-order valence-corrected chi connectivity index (χ4v) is 2.38. The third-order valence-corrected chi connectivity index (χ3v) is 3.31. The predicted molar refractivity (Wildman–Crippen MR) is 69.6 cm³/mol. The highest BCUT2D eigenvalue weighted by molar-refractivity contribution is 5.83. The second kappa shape index (κ2) is 5.17. The van der Waals surface area contributed by atoms with Gasteiger partial charge >= 0.3 is 0 Å². The lowest BCUT2D eigenvalue weighted by atomic mass is 9.91. The highest BCUT2D eigenvalue weighted by Crippen LogP contribution is 2.30. The maximum absolute atomic E-state index is 5.59. The highest BCUT2D eigenvalue weighted by atomic mass is 14.7. The number of benzene rings is 1. The molecule has 2 aromatic rings. The van der Waals surface area contributed by atoms with Crippen LogP contribution >= 0.6 is 0 Å². The van der Waals surface area contributed by atoms with Crippen molar-refractivity contribution >= 4 is 10.9 Å². The Labute approximate surface area is 96.9 Å². The minimum Gasteiger partial charge on any atom is -0.361 e. The van der Waals surface area contributed by atoms with Crippen LogP contribution in [0.25, 0.3) is 10.9 Å². The molecule has 86 valence electrons. The summed E-state index contributed by atoms with van der Waals surface area (Å²) in [4.78, 5) is 3.35. The van der Waals surface area contributed by atoms with Gasteiger partial charge in [0.15, 0.2) is 0 Å². The van der Waals surface area contributed by atoms with E-state index >= 15 is 0 Å². The van der Waals surface area contributed by atoms with Gasteiger partial charge in [-0.3, -0.25) is 0 Å². The van der Waals surface area contributed by atoms with Crippen molar-refractivity contribution in [3.63, 3.8) is 0 Å². The van der Waals surface area contributed by atoms with Crippen molar-refractivity contribution in [2.24, 2.45) is 5.73 Å². The number of hydrogen-bond acceptors (Lipinski definition) is 1. The molecule has 0 aliphatic heterocycles. The Bertz CT molecular complexity index is 445. The van der Waals surface area contributed by atoms with Crippen molar-refractivity contribution in [2.75, 3.05) is 6.54 Å². The van der Waals surface area contributed by atoms with E-state index in [1.165, 1.54) is 29.3 Å². The van der Waals surface area contributed by atoms with E-state index < -0.39 is 0 Å². The quantitative estimate of drug-likeness (QED) is 0.790. The molecule has 0 saturated heterocycles. The monoisotopic (exact) mass is 216 g/mol. The van der Waals surface area contributed by atoms with E-state index in [-0.39, 0.29) is 0 Å². The van der Waals surface area contributed by atoms with E-state index in [1.807, 2.05) is 0 Å². The van der Waals surface area contributed by atoms with Crippen LogP contribution in [0, 0.1) is 0 Å². The molecule has 0 spiro atoms. The molecule has 0 aliphatic rings. The summed E-state index contributed by atoms with van der Waals surface area (Å²) in [5.41, 5.74) is 8.28. The number of hydrogen-bond donors (Lipinski definition) is 2. The summed E-state index contributed by atoms with van der Waals surface area (Å²) in [6, 6.07) is 8.51. The van der Waals surface area contributed by atoms with Gasteiger partial charge in [0, 0.05) is 17.1 Å². The number of aromatic nitrogens is 1. The topological polar surface area (TPSA) is 41.8 Å². The Kier molecular flexibility index (Phi) is 3.62. The Morgan fingerprint density at radius 2 is 2.12 bits per heavy atom. The third-order valence-electron chi connectivity index (χ3n) is 3.31. The normalized spacial score (nSPS) is 13.1. The van der Waals surface area contributed by atoms with Crippen molar-refractivity contribution < 1.29 is 0 Å². The fourth-order valence-electron chi connectivity index (χ4n) is 2.38. The first-order chi connectivity index (χ1) is 7.86. The molecular formula is C14H20N2. The molecule has 1 heterocycles. The van der Waals surface area contributed by atoms with E-state index in [2.05, 4.69) is 42.4 Å². The predicted octanol–water partition coefficient (Wildman–Crippen LogP) is 3.40. The molecule has 16 heavy (non-hydrogen) atoms. The molecular weight excluding hydrogens is 196 g/mol. The number of aromatic amines is 1. The summed E-state index contributed by atoms with van der Waals surface area (Å²) in [6.07, 6.45) is 5.64. The summed E-state index contributed by atoms with van der Waals surface area (Å²) in [6.45, 7) is 3.04. The van der Waals surface area contributed by atoms with Crippen LogP contribution in [0.1, 0.15) is 37.7 Å². The van der Waals surface area contributed by atoms with E-state index in [0.717, 1.165) is 13.0 Å². The molecule has 2 nitrogen and oxygen atoms in total. The first-order valence-electron chi connectivity index (χ1n) is 6.13. The van der Waals surface area contributed by atoms with Gasteiger partial charge in [-0.1, -0.05) is 25.1 Å². The van der Waals surface area contributed by atoms with Crippen LogP contribution in [0.2, 0.25) is 0 Å². The van der Waals surface area contributed by atoms with Crippen molar-refractivity contribution in [3.05, 3.63) is 36.0 Å². The van der Waals surface area contributed by atoms with Gasteiger partial charge in [0.05, 0.1) is 0 Å². The molecule has 0 bridgehead atoms. The molecule has 1 unspecified atom stereocenters. The largest absolute Gasteiger partial charge is 0.361 e. The van der Waals surface area contributed by atoms with Gasteiger partial charge in [-0.05, 0) is 43.4 Å². The molecule has 1 aromatic carbocycles. The van der Waals surface area contributed by atoms with Gasteiger partial charge in [0.2, 0.25) is 0 Å². The zero-order chi connectivity index (χ0) is 11.4. The van der Waals surface area contributed by atoms with Gasteiger partial charge in [0.1, 0.15) is 0 Å². The second-order valence-corrected chi connectivity index (χ2v) is 4.33. The van der Waals surface area contributed by atoms with Gasteiger partial charge in [-0.15, -0.1) is 0 Å². The number of H-pyrrole nitrogens is 1. The minimum absolute atomic E-state index is 0.639. The zero-order valence-electron chi connectivity index (χ0n) is 9.87. The van der Waals surface area contributed by atoms with Crippen molar-refractivity contribution in [1.82, 2.24) is 4.98 Å². The summed E-state index contributed by atoms with van der Waals surface area (Å²) >= 11 is 0. The first-order valence-corrected chi connectivity index (χ1v) is 6.13. The van der Waals surface area contributed by atoms with Gasteiger partial charge in [-0.25, -0.2) is 0 Å². The van der Waals surface area contributed by atoms with Crippen LogP contribution < -0.4 is 5.73 Å². The number of para-hydroxylation sites is 1. The summed E-state index contributed by atoms with van der Waals surface area (Å²) in [5, 5.41) is 1.37. The first kappa shape index (κ1) is 11.2. The van der Waals surface area contributed by atoms with Crippen molar-refractivity contribution in [3.8, 4) is 0 Å². The van der Waals surface area contributed by atoms with Crippen LogP contribution in [-0.2, 0) is 0 Å². The number of nitrogens with one attached hydrogen (secondary N) is 1. The molecule has 0 aliphatic carbocycles. The lowest BCUT2D eigenvalue weighted by Crippen LogP contribution is -2.03. The molecule has 2 rings (SSSR count). The SMILES string of the molecule is CCC(CCCN)c1c[nH]c2ccccc12. The smallest absolute Gasteiger partial charge is 0.0456 e. The van der Waals surface area contributed by atoms with Crippen LogP contribution in [0.4, 0.5) is 0 Å². The van der Waals surface area contributed by atoms with Crippen LogP contribution in [0.15, 0.2) is 30.5 Å². The number of rotatable bonds is 5. The lowest BCUT2D eigenvalue weighted by Gasteiger charge is -2.13. The maximum Gasteiger partial charge on any atom is 0.0456 e. The lowest BCUT2D eigenvalue weighted by molar-refractivity contribution is 0.584. The van der Waals surface area contributed by atoms with Crippen LogP contribution in [0.3, 0.4) is 0 Å². The minimum atomic E-state index is 0.639. The standard InChI is InChI=1S/C14H20N2/c1-2-11(6-5-9-15)13-10-16-14-8-4-3-7-12(13)14/h3-4,7-8,10-11,16H,2,5-6,9,15H2,1H3. The van der Waals surface area contributed by atoms with Crippen molar-refractivity contribution in [1.29, 1.82) is 0 Å². The molecule has 2 heteroatoms. The Morgan fingerprint density at radius 3 is 2.88 bits per heavy atom. The fraction of sp³-hybridized carbons (Fsp3) is 0.429. The van der Waals surface area contributed by atoms with E-state index in [4.69, 9.17) is 5.73 Å². The molecule has 0 amide bonds. The average molecular weight is 216 g/mol. The molecule has 1 aromatic heterocycles. The van der Waals surface area contributed by atoms with Crippen LogP contribution in [-0.4, -0.2) is 11.5 Å². The van der Waals surface area contributed by atoms with E-state index in [0.29, 0.717) is 5.92 Å². The van der Waals surface area contributed by atoms with E-state index in [1.54, 1.807) is 0 Å². The Morgan fingerprint density at radius 1 is 1.31 bits per heavy atom. The van der Waals surface area contributed by atoms with E-state index in [9.17, 15) is 0 Å². The molecule has 3 N–H and O–H groups in total. The Balaban J connectivity index is 2.30. The molecule has 0 radical (unpaired) electrons. The van der Waals surface area contributed by atoms with Crippen molar-refractivity contribution in [2.45, 2.75) is 32.1 Å². The highest BCUT2D eigenvalue weighted by Gasteiger charge is 2.13. The van der Waals surface area contributed by atoms with Gasteiger partial charge in [0.25, 0.3) is 0 Å². The van der Waals surface area contributed by atoms with Gasteiger partial charge in [-0.2, -0.15) is 0 Å². The summed E-state index contributed by atoms with van der Waals surface area (Å²) in [7, 11) is 0. The zero-order valence-corrected chi connectivity index (χ0v) is 9.87. The molecule has 0 fully saturated rings. The number of nitrogens with two attached hydrogens (primary N) is 1. The maximum atomic E-state index is 5.59. The third kappa shape index (κ3) is 2.12. The van der Waals surface area contributed by atoms with Crippen LogP contribution in [0.5, 0.6) is 0 Å². The second-order valence-electron chi connectivity index (χ2n) is 4.33. The average Bonchev–Trinajstić information content (AvgIpc) is 2.75. The summed E-state index contributed by atoms with van der Waals surface area (Å²) < 4.78 is 0. The number of fused-ring (bicyclic) bond motifs is 1. The Hall–Kier alpha value is -1.28. The van der Waals surface area contributed by atoms with Gasteiger partial charge < -0.3 is 10.7 Å². The molecule has 0 saturated carbocycles. The summed E-state index contributed by atoms with van der Waals surface area (Å²) in [5.74, 6) is 0.639. The molecule has 1 atom stereocenters.